The van der Waals surface area contributed by atoms with Crippen LogP contribution in [0.2, 0.25) is 5.02 Å². The van der Waals surface area contributed by atoms with Gasteiger partial charge in [0, 0.05) is 19.1 Å². The van der Waals surface area contributed by atoms with Gasteiger partial charge in [0.2, 0.25) is 5.91 Å². The van der Waals surface area contributed by atoms with Crippen molar-refractivity contribution in [2.75, 3.05) is 19.4 Å². The molecule has 1 unspecified atom stereocenters. The van der Waals surface area contributed by atoms with Gasteiger partial charge in [-0.1, -0.05) is 18.5 Å². The van der Waals surface area contributed by atoms with Crippen molar-refractivity contribution >= 4 is 29.1 Å². The number of hydrogen-bond acceptors (Lipinski definition) is 3. The lowest BCUT2D eigenvalue weighted by Crippen LogP contribution is -2.48. The second-order valence-electron chi connectivity index (χ2n) is 5.11. The third kappa shape index (κ3) is 3.71. The van der Waals surface area contributed by atoms with Crippen molar-refractivity contribution in [2.24, 2.45) is 5.73 Å². The summed E-state index contributed by atoms with van der Waals surface area (Å²) >= 11 is 5.93. The second-order valence-corrected chi connectivity index (χ2v) is 5.55. The number of amides is 2. The molecule has 20 heavy (non-hydrogen) atoms. The van der Waals surface area contributed by atoms with Gasteiger partial charge in [-0.2, -0.15) is 0 Å². The topological polar surface area (TPSA) is 75.4 Å². The Bertz CT molecular complexity index is 527. The van der Waals surface area contributed by atoms with Gasteiger partial charge < -0.3 is 16.0 Å². The molecule has 0 aromatic heterocycles. The second kappa shape index (κ2) is 6.24. The van der Waals surface area contributed by atoms with E-state index < -0.39 is 5.54 Å². The molecule has 0 aliphatic carbocycles. The smallest absolute Gasteiger partial charge is 0.255 e. The van der Waals surface area contributed by atoms with Gasteiger partial charge >= 0.3 is 0 Å². The number of carbonyl (C=O) groups excluding carboxylic acids is 2. The molecule has 1 aromatic carbocycles. The van der Waals surface area contributed by atoms with Crippen molar-refractivity contribution in [1.82, 2.24) is 4.90 Å². The summed E-state index contributed by atoms with van der Waals surface area (Å²) in [7, 11) is 3.28. The minimum absolute atomic E-state index is 0.216. The molecule has 0 spiro atoms. The summed E-state index contributed by atoms with van der Waals surface area (Å²) in [6.45, 7) is 3.46. The zero-order valence-corrected chi connectivity index (χ0v) is 12.9. The molecule has 5 nitrogen and oxygen atoms in total. The van der Waals surface area contributed by atoms with Crippen LogP contribution in [-0.2, 0) is 4.79 Å². The van der Waals surface area contributed by atoms with Gasteiger partial charge in [-0.15, -0.1) is 0 Å². The zero-order valence-electron chi connectivity index (χ0n) is 12.2. The minimum Gasteiger partial charge on any atom is -0.345 e. The van der Waals surface area contributed by atoms with Crippen molar-refractivity contribution in [1.29, 1.82) is 0 Å². The molecule has 1 aromatic rings. The number of carbonyl (C=O) groups is 2. The van der Waals surface area contributed by atoms with Gasteiger partial charge in [0.25, 0.3) is 5.91 Å². The molecule has 6 heteroatoms. The molecule has 0 aliphatic heterocycles. The first-order valence-electron chi connectivity index (χ1n) is 6.30. The number of nitrogens with zero attached hydrogens (tertiary/aromatic N) is 1. The summed E-state index contributed by atoms with van der Waals surface area (Å²) in [4.78, 5) is 25.6. The molecule has 0 saturated heterocycles. The van der Waals surface area contributed by atoms with Gasteiger partial charge in [0.1, 0.15) is 0 Å². The maximum Gasteiger partial charge on any atom is 0.255 e. The van der Waals surface area contributed by atoms with Crippen LogP contribution in [0.5, 0.6) is 0 Å². The third-order valence-electron chi connectivity index (χ3n) is 3.12. The highest BCUT2D eigenvalue weighted by Crippen LogP contribution is 2.23. The van der Waals surface area contributed by atoms with Crippen LogP contribution in [0, 0.1) is 0 Å². The molecule has 0 bridgehead atoms. The first-order valence-corrected chi connectivity index (χ1v) is 6.68. The Balaban J connectivity index is 3.14. The Hall–Kier alpha value is -1.59. The summed E-state index contributed by atoms with van der Waals surface area (Å²) < 4.78 is 0. The van der Waals surface area contributed by atoms with E-state index in [1.165, 1.54) is 4.90 Å². The molecule has 0 fully saturated rings. The monoisotopic (exact) mass is 297 g/mol. The average molecular weight is 298 g/mol. The number of benzene rings is 1. The highest BCUT2D eigenvalue weighted by Gasteiger charge is 2.27. The van der Waals surface area contributed by atoms with E-state index in [1.807, 2.05) is 6.92 Å². The number of hydrogen-bond donors (Lipinski definition) is 2. The van der Waals surface area contributed by atoms with Gasteiger partial charge in [0.05, 0.1) is 16.8 Å². The molecular formula is C14H20ClN3O2. The number of anilines is 1. The quantitative estimate of drug-likeness (QED) is 0.893. The van der Waals surface area contributed by atoms with Crippen LogP contribution in [0.4, 0.5) is 5.69 Å². The molecule has 0 aliphatic rings. The number of nitrogens with one attached hydrogen (secondary N) is 1. The van der Waals surface area contributed by atoms with Crippen molar-refractivity contribution in [3.8, 4) is 0 Å². The maximum atomic E-state index is 12.1. The fraction of sp³-hybridized carbons (Fsp3) is 0.429. The van der Waals surface area contributed by atoms with Crippen LogP contribution in [0.1, 0.15) is 30.6 Å². The number of rotatable bonds is 4. The van der Waals surface area contributed by atoms with E-state index in [4.69, 9.17) is 17.3 Å². The molecule has 0 heterocycles. The summed E-state index contributed by atoms with van der Waals surface area (Å²) in [5.41, 5.74) is 5.63. The van der Waals surface area contributed by atoms with Crippen molar-refractivity contribution in [3.05, 3.63) is 28.8 Å². The van der Waals surface area contributed by atoms with E-state index in [0.717, 1.165) is 0 Å². The lowest BCUT2D eigenvalue weighted by Gasteiger charge is -2.23. The van der Waals surface area contributed by atoms with Gasteiger partial charge in [-0.25, -0.2) is 0 Å². The van der Waals surface area contributed by atoms with Crippen LogP contribution < -0.4 is 11.1 Å². The van der Waals surface area contributed by atoms with E-state index in [0.29, 0.717) is 22.7 Å². The lowest BCUT2D eigenvalue weighted by molar-refractivity contribution is -0.120. The summed E-state index contributed by atoms with van der Waals surface area (Å²) in [5.74, 6) is -0.567. The summed E-state index contributed by atoms with van der Waals surface area (Å²) in [6.07, 6.45) is 0.482. The molecule has 1 rings (SSSR count). The third-order valence-corrected chi connectivity index (χ3v) is 3.35. The predicted molar refractivity (Wildman–Crippen MR) is 81.0 cm³/mol. The summed E-state index contributed by atoms with van der Waals surface area (Å²) in [5, 5.41) is 3.12. The van der Waals surface area contributed by atoms with E-state index in [1.54, 1.807) is 39.2 Å². The van der Waals surface area contributed by atoms with E-state index >= 15 is 0 Å². The first-order chi connectivity index (χ1) is 9.19. The van der Waals surface area contributed by atoms with Gasteiger partial charge in [-0.05, 0) is 31.5 Å². The van der Waals surface area contributed by atoms with E-state index in [9.17, 15) is 9.59 Å². The standard InChI is InChI=1S/C14H20ClN3O2/c1-5-14(2,16)13(20)17-11-8-9(15)6-7-10(11)12(19)18(3)4/h6-8H,5,16H2,1-4H3,(H,17,20). The Kier molecular flexibility index (Phi) is 5.14. The molecule has 0 radical (unpaired) electrons. The van der Waals surface area contributed by atoms with E-state index in [2.05, 4.69) is 5.32 Å². The molecule has 2 amide bonds. The largest absolute Gasteiger partial charge is 0.345 e. The highest BCUT2D eigenvalue weighted by atomic mass is 35.5. The fourth-order valence-corrected chi connectivity index (χ4v) is 1.65. The Morgan fingerprint density at radius 3 is 2.50 bits per heavy atom. The van der Waals surface area contributed by atoms with Crippen LogP contribution in [0.15, 0.2) is 18.2 Å². The van der Waals surface area contributed by atoms with Crippen LogP contribution >= 0.6 is 11.6 Å². The molecular weight excluding hydrogens is 278 g/mol. The van der Waals surface area contributed by atoms with Gasteiger partial charge in [0.15, 0.2) is 0 Å². The lowest BCUT2D eigenvalue weighted by atomic mass is 9.99. The zero-order chi connectivity index (χ0) is 15.5. The van der Waals surface area contributed by atoms with Crippen LogP contribution in [-0.4, -0.2) is 36.3 Å². The van der Waals surface area contributed by atoms with Gasteiger partial charge in [-0.3, -0.25) is 9.59 Å². The number of halogens is 1. The number of nitrogens with two attached hydrogens (primary N) is 1. The van der Waals surface area contributed by atoms with Crippen molar-refractivity contribution in [2.45, 2.75) is 25.8 Å². The molecule has 110 valence electrons. The average Bonchev–Trinajstić information content (AvgIpc) is 2.38. The van der Waals surface area contributed by atoms with Crippen molar-refractivity contribution in [3.63, 3.8) is 0 Å². The maximum absolute atomic E-state index is 12.1. The normalized spacial score (nSPS) is 13.5. The Labute approximate surface area is 124 Å². The first kappa shape index (κ1) is 16.5. The minimum atomic E-state index is -0.999. The van der Waals surface area contributed by atoms with Crippen LogP contribution in [0.3, 0.4) is 0 Å². The molecule has 3 N–H and O–H groups in total. The van der Waals surface area contributed by atoms with Crippen molar-refractivity contribution < 1.29 is 9.59 Å². The van der Waals surface area contributed by atoms with E-state index in [-0.39, 0.29) is 11.8 Å². The summed E-state index contributed by atoms with van der Waals surface area (Å²) in [6, 6.07) is 4.73. The predicted octanol–water partition coefficient (Wildman–Crippen LogP) is 2.11. The molecule has 1 atom stereocenters. The Morgan fingerprint density at radius 2 is 2.00 bits per heavy atom. The van der Waals surface area contributed by atoms with Crippen LogP contribution in [0.25, 0.3) is 0 Å². The fourth-order valence-electron chi connectivity index (χ4n) is 1.47. The Morgan fingerprint density at radius 1 is 1.40 bits per heavy atom. The molecule has 0 saturated carbocycles. The highest BCUT2D eigenvalue weighted by molar-refractivity contribution is 6.31. The SMILES string of the molecule is CCC(C)(N)C(=O)Nc1cc(Cl)ccc1C(=O)N(C)C.